The van der Waals surface area contributed by atoms with Crippen molar-refractivity contribution in [3.8, 4) is 0 Å². The van der Waals surface area contributed by atoms with Crippen LogP contribution in [-0.2, 0) is 9.53 Å². The molecule has 1 saturated heterocycles. The Labute approximate surface area is 71.7 Å². The van der Waals surface area contributed by atoms with E-state index in [1.165, 1.54) is 6.42 Å². The zero-order valence-electron chi connectivity index (χ0n) is 7.25. The van der Waals surface area contributed by atoms with Gasteiger partial charge in [0.15, 0.2) is 0 Å². The second-order valence-corrected chi connectivity index (χ2v) is 4.24. The van der Waals surface area contributed by atoms with Gasteiger partial charge in [0.25, 0.3) is 0 Å². The molecule has 0 aromatic rings. The van der Waals surface area contributed by atoms with Crippen LogP contribution >= 0.6 is 0 Å². The predicted molar refractivity (Wildman–Crippen MR) is 42.8 cm³/mol. The van der Waals surface area contributed by atoms with Gasteiger partial charge in [-0.15, -0.1) is 0 Å². The summed E-state index contributed by atoms with van der Waals surface area (Å²) in [6.07, 6.45) is 1.49. The Morgan fingerprint density at radius 3 is 2.75 bits per heavy atom. The van der Waals surface area contributed by atoms with Gasteiger partial charge in [0, 0.05) is 11.8 Å². The summed E-state index contributed by atoms with van der Waals surface area (Å²) >= 11 is 0. The maximum absolute atomic E-state index is 10.4. The van der Waals surface area contributed by atoms with Crippen molar-refractivity contribution in [2.24, 2.45) is 17.3 Å². The Hall–Kier alpha value is -0.570. The summed E-state index contributed by atoms with van der Waals surface area (Å²) in [6, 6.07) is 0. The zero-order valence-corrected chi connectivity index (χ0v) is 7.25. The molecular formula is C9H14O3. The summed E-state index contributed by atoms with van der Waals surface area (Å²) in [4.78, 5) is 10.4. The molecule has 2 atom stereocenters. The summed E-state index contributed by atoms with van der Waals surface area (Å²) in [6.45, 7) is 3.76. The van der Waals surface area contributed by atoms with Gasteiger partial charge in [-0.3, -0.25) is 4.79 Å². The fourth-order valence-corrected chi connectivity index (χ4v) is 2.30. The fraction of sp³-hybridized carbons (Fsp3) is 0.889. The topological polar surface area (TPSA) is 46.5 Å². The zero-order chi connectivity index (χ0) is 8.77. The molecule has 0 aromatic carbocycles. The Morgan fingerprint density at radius 2 is 2.42 bits per heavy atom. The van der Waals surface area contributed by atoms with E-state index >= 15 is 0 Å². The molecule has 2 fully saturated rings. The number of rotatable bonds is 3. The van der Waals surface area contributed by atoms with Crippen molar-refractivity contribution >= 4 is 5.97 Å². The number of ether oxygens (including phenoxy) is 1. The van der Waals surface area contributed by atoms with E-state index in [4.69, 9.17) is 9.84 Å². The van der Waals surface area contributed by atoms with Crippen molar-refractivity contribution in [3.05, 3.63) is 0 Å². The molecule has 68 valence electrons. The molecule has 1 aliphatic carbocycles. The highest BCUT2D eigenvalue weighted by molar-refractivity contribution is 5.67. The predicted octanol–water partition coefficient (Wildman–Crippen LogP) is 1.13. The van der Waals surface area contributed by atoms with Gasteiger partial charge in [-0.1, -0.05) is 6.92 Å². The maximum Gasteiger partial charge on any atom is 0.303 e. The SMILES string of the molecule is CC(CC(=O)O)C1CC12COC2. The molecule has 2 unspecified atom stereocenters. The molecule has 1 spiro atoms. The lowest BCUT2D eigenvalue weighted by Gasteiger charge is -2.28. The number of hydrogen-bond donors (Lipinski definition) is 1. The van der Waals surface area contributed by atoms with Gasteiger partial charge >= 0.3 is 5.97 Å². The lowest BCUT2D eigenvalue weighted by molar-refractivity contribution is -0.138. The molecule has 12 heavy (non-hydrogen) atoms. The van der Waals surface area contributed by atoms with Crippen LogP contribution in [0.15, 0.2) is 0 Å². The average molecular weight is 170 g/mol. The van der Waals surface area contributed by atoms with E-state index in [1.807, 2.05) is 6.92 Å². The lowest BCUT2D eigenvalue weighted by atomic mass is 9.92. The summed E-state index contributed by atoms with van der Waals surface area (Å²) in [5.41, 5.74) is 0.412. The van der Waals surface area contributed by atoms with Crippen LogP contribution in [0.25, 0.3) is 0 Å². The minimum atomic E-state index is -0.676. The van der Waals surface area contributed by atoms with Gasteiger partial charge < -0.3 is 9.84 Å². The lowest BCUT2D eigenvalue weighted by Crippen LogP contribution is -2.32. The Kier molecular flexibility index (Phi) is 1.65. The van der Waals surface area contributed by atoms with Gasteiger partial charge in [0.2, 0.25) is 0 Å². The van der Waals surface area contributed by atoms with Crippen LogP contribution in [-0.4, -0.2) is 24.3 Å². The first-order valence-corrected chi connectivity index (χ1v) is 4.44. The molecule has 1 aliphatic heterocycles. The first-order valence-electron chi connectivity index (χ1n) is 4.44. The van der Waals surface area contributed by atoms with Gasteiger partial charge in [-0.2, -0.15) is 0 Å². The second-order valence-electron chi connectivity index (χ2n) is 4.24. The highest BCUT2D eigenvalue weighted by Crippen LogP contribution is 2.61. The van der Waals surface area contributed by atoms with Crippen LogP contribution in [0.2, 0.25) is 0 Å². The largest absolute Gasteiger partial charge is 0.481 e. The highest BCUT2D eigenvalue weighted by atomic mass is 16.5. The van der Waals surface area contributed by atoms with Crippen LogP contribution in [0.5, 0.6) is 0 Å². The van der Waals surface area contributed by atoms with Crippen molar-refractivity contribution in [3.63, 3.8) is 0 Å². The summed E-state index contributed by atoms with van der Waals surface area (Å²) in [5, 5.41) is 8.59. The van der Waals surface area contributed by atoms with Gasteiger partial charge in [0.1, 0.15) is 0 Å². The fourth-order valence-electron chi connectivity index (χ4n) is 2.30. The van der Waals surface area contributed by atoms with Crippen LogP contribution in [0, 0.1) is 17.3 Å². The molecule has 1 saturated carbocycles. The van der Waals surface area contributed by atoms with E-state index in [0.29, 0.717) is 23.7 Å². The molecule has 2 rings (SSSR count). The highest BCUT2D eigenvalue weighted by Gasteiger charge is 2.60. The van der Waals surface area contributed by atoms with Crippen LogP contribution in [0.1, 0.15) is 19.8 Å². The van der Waals surface area contributed by atoms with E-state index in [0.717, 1.165) is 13.2 Å². The van der Waals surface area contributed by atoms with Crippen molar-refractivity contribution in [2.75, 3.05) is 13.2 Å². The van der Waals surface area contributed by atoms with E-state index in [1.54, 1.807) is 0 Å². The molecule has 0 amide bonds. The van der Waals surface area contributed by atoms with Crippen LogP contribution in [0.3, 0.4) is 0 Å². The third kappa shape index (κ3) is 1.12. The molecular weight excluding hydrogens is 156 g/mol. The van der Waals surface area contributed by atoms with Crippen molar-refractivity contribution in [1.29, 1.82) is 0 Å². The minimum absolute atomic E-state index is 0.312. The van der Waals surface area contributed by atoms with Crippen molar-refractivity contribution < 1.29 is 14.6 Å². The van der Waals surface area contributed by atoms with Crippen LogP contribution in [0.4, 0.5) is 0 Å². The summed E-state index contributed by atoms with van der Waals surface area (Å²) in [7, 11) is 0. The first-order chi connectivity index (χ1) is 5.64. The molecule has 1 heterocycles. The molecule has 3 nitrogen and oxygen atoms in total. The van der Waals surface area contributed by atoms with E-state index in [2.05, 4.69) is 0 Å². The molecule has 0 radical (unpaired) electrons. The third-order valence-corrected chi connectivity index (χ3v) is 3.22. The molecule has 0 bridgehead atoms. The van der Waals surface area contributed by atoms with Gasteiger partial charge in [-0.25, -0.2) is 0 Å². The average Bonchev–Trinajstić information content (AvgIpc) is 2.56. The van der Waals surface area contributed by atoms with E-state index in [-0.39, 0.29) is 0 Å². The Balaban J connectivity index is 1.83. The monoisotopic (exact) mass is 170 g/mol. The second kappa shape index (κ2) is 2.46. The maximum atomic E-state index is 10.4. The van der Waals surface area contributed by atoms with E-state index < -0.39 is 5.97 Å². The number of carbonyl (C=O) groups is 1. The summed E-state index contributed by atoms with van der Waals surface area (Å²) in [5.74, 6) is 0.263. The first kappa shape index (κ1) is 8.05. The van der Waals surface area contributed by atoms with Crippen molar-refractivity contribution in [1.82, 2.24) is 0 Å². The van der Waals surface area contributed by atoms with E-state index in [9.17, 15) is 4.79 Å². The minimum Gasteiger partial charge on any atom is -0.481 e. The number of carboxylic acid groups (broad SMARTS) is 1. The Bertz CT molecular complexity index is 208. The quantitative estimate of drug-likeness (QED) is 0.690. The van der Waals surface area contributed by atoms with Crippen LogP contribution < -0.4 is 0 Å². The number of hydrogen-bond acceptors (Lipinski definition) is 2. The molecule has 0 aromatic heterocycles. The smallest absolute Gasteiger partial charge is 0.303 e. The normalized spacial score (nSPS) is 32.6. The third-order valence-electron chi connectivity index (χ3n) is 3.22. The van der Waals surface area contributed by atoms with Gasteiger partial charge in [-0.05, 0) is 18.3 Å². The molecule has 2 aliphatic rings. The standard InChI is InChI=1S/C9H14O3/c1-6(2-8(10)11)7-3-9(7)4-12-5-9/h6-7H,2-5H2,1H3,(H,10,11). The molecule has 3 heteroatoms. The van der Waals surface area contributed by atoms with Crippen molar-refractivity contribution in [2.45, 2.75) is 19.8 Å². The van der Waals surface area contributed by atoms with Gasteiger partial charge in [0.05, 0.1) is 13.2 Å². The number of aliphatic carboxylic acids is 1. The number of carboxylic acids is 1. The summed E-state index contributed by atoms with van der Waals surface area (Å²) < 4.78 is 5.14. The molecule has 1 N–H and O–H groups in total. The Morgan fingerprint density at radius 1 is 1.75 bits per heavy atom.